The summed E-state index contributed by atoms with van der Waals surface area (Å²) >= 11 is 1.11. The molecule has 0 aliphatic rings. The molecule has 0 aliphatic carbocycles. The standard InChI is InChI=1S/C25H21F2N3O3S/c1-15-7-8-16(2)21(13-15)28-22(31)14-34-25-29-20-6-4-3-5-19(20)23(32)30(25)17-9-11-18(12-10-17)33-24(26)27/h3-13,24H,14H2,1-2H3,(H,28,31). The Bertz CT molecular complexity index is 1410. The van der Waals surface area contributed by atoms with Crippen LogP contribution in [0, 0.1) is 13.8 Å². The number of nitrogens with one attached hydrogen (secondary N) is 1. The Hall–Kier alpha value is -3.72. The maximum absolute atomic E-state index is 13.3. The first-order chi connectivity index (χ1) is 16.3. The van der Waals surface area contributed by atoms with Gasteiger partial charge in [-0.05, 0) is 67.4 Å². The van der Waals surface area contributed by atoms with Crippen LogP contribution < -0.4 is 15.6 Å². The molecule has 0 atom stereocenters. The van der Waals surface area contributed by atoms with Crippen molar-refractivity contribution in [2.45, 2.75) is 25.6 Å². The van der Waals surface area contributed by atoms with Crippen molar-refractivity contribution < 1.29 is 18.3 Å². The Morgan fingerprint density at radius 1 is 1.09 bits per heavy atom. The molecule has 3 aromatic carbocycles. The normalized spacial score (nSPS) is 11.1. The molecule has 4 rings (SSSR count). The second kappa shape index (κ2) is 10.0. The van der Waals surface area contributed by atoms with E-state index in [-0.39, 0.29) is 23.0 Å². The van der Waals surface area contributed by atoms with Gasteiger partial charge < -0.3 is 10.1 Å². The van der Waals surface area contributed by atoms with E-state index in [1.165, 1.54) is 28.8 Å². The number of nitrogens with zero attached hydrogens (tertiary/aromatic N) is 2. The van der Waals surface area contributed by atoms with E-state index in [9.17, 15) is 18.4 Å². The quantitative estimate of drug-likeness (QED) is 0.285. The number of halogens is 2. The van der Waals surface area contributed by atoms with E-state index >= 15 is 0 Å². The number of alkyl halides is 2. The highest BCUT2D eigenvalue weighted by atomic mass is 32.2. The van der Waals surface area contributed by atoms with Crippen molar-refractivity contribution in [3.63, 3.8) is 0 Å². The van der Waals surface area contributed by atoms with Crippen LogP contribution >= 0.6 is 11.8 Å². The Morgan fingerprint density at radius 2 is 1.82 bits per heavy atom. The number of hydrogen-bond donors (Lipinski definition) is 1. The predicted octanol–water partition coefficient (Wildman–Crippen LogP) is 5.33. The zero-order valence-corrected chi connectivity index (χ0v) is 19.2. The summed E-state index contributed by atoms with van der Waals surface area (Å²) in [7, 11) is 0. The highest BCUT2D eigenvalue weighted by molar-refractivity contribution is 7.99. The fourth-order valence-corrected chi connectivity index (χ4v) is 4.21. The monoisotopic (exact) mass is 481 g/mol. The number of carbonyl (C=O) groups is 1. The minimum Gasteiger partial charge on any atom is -0.435 e. The van der Waals surface area contributed by atoms with Crippen molar-refractivity contribution in [1.82, 2.24) is 9.55 Å². The molecule has 9 heteroatoms. The van der Waals surface area contributed by atoms with Gasteiger partial charge in [-0.3, -0.25) is 14.2 Å². The minimum absolute atomic E-state index is 0.0186. The highest BCUT2D eigenvalue weighted by Gasteiger charge is 2.16. The molecular formula is C25H21F2N3O3S. The molecule has 4 aromatic rings. The summed E-state index contributed by atoms with van der Waals surface area (Å²) in [6, 6.07) is 18.4. The first-order valence-corrected chi connectivity index (χ1v) is 11.4. The van der Waals surface area contributed by atoms with Gasteiger partial charge in [-0.1, -0.05) is 36.0 Å². The molecular weight excluding hydrogens is 460 g/mol. The number of carbonyl (C=O) groups excluding carboxylic acids is 1. The van der Waals surface area contributed by atoms with Crippen LogP contribution in [0.15, 0.2) is 76.7 Å². The first kappa shape index (κ1) is 23.4. The Kier molecular flexibility index (Phi) is 6.93. The van der Waals surface area contributed by atoms with Crippen molar-refractivity contribution >= 4 is 34.3 Å². The smallest absolute Gasteiger partial charge is 0.387 e. The third-order valence-corrected chi connectivity index (χ3v) is 6.00. The summed E-state index contributed by atoms with van der Waals surface area (Å²) in [5.74, 6) is -0.249. The Balaban J connectivity index is 1.65. The van der Waals surface area contributed by atoms with Crippen LogP contribution in [0.25, 0.3) is 16.6 Å². The molecule has 1 aromatic heterocycles. The maximum atomic E-state index is 13.3. The summed E-state index contributed by atoms with van der Waals surface area (Å²) in [4.78, 5) is 30.5. The topological polar surface area (TPSA) is 73.2 Å². The van der Waals surface area contributed by atoms with Crippen molar-refractivity contribution in [2.24, 2.45) is 0 Å². The number of fused-ring (bicyclic) bond motifs is 1. The van der Waals surface area contributed by atoms with Crippen LogP contribution in [0.1, 0.15) is 11.1 Å². The zero-order valence-electron chi connectivity index (χ0n) is 18.4. The lowest BCUT2D eigenvalue weighted by molar-refractivity contribution is -0.113. The number of anilines is 1. The molecule has 0 saturated carbocycles. The third kappa shape index (κ3) is 5.26. The van der Waals surface area contributed by atoms with E-state index in [0.29, 0.717) is 21.7 Å². The minimum atomic E-state index is -2.95. The third-order valence-electron chi connectivity index (χ3n) is 5.06. The summed E-state index contributed by atoms with van der Waals surface area (Å²) < 4.78 is 30.8. The van der Waals surface area contributed by atoms with Gasteiger partial charge in [-0.2, -0.15) is 8.78 Å². The second-order valence-electron chi connectivity index (χ2n) is 7.58. The first-order valence-electron chi connectivity index (χ1n) is 10.4. The molecule has 34 heavy (non-hydrogen) atoms. The number of aromatic nitrogens is 2. The summed E-state index contributed by atoms with van der Waals surface area (Å²) in [5, 5.41) is 3.61. The molecule has 6 nitrogen and oxygen atoms in total. The van der Waals surface area contributed by atoms with E-state index < -0.39 is 6.61 Å². The lowest BCUT2D eigenvalue weighted by Gasteiger charge is -2.14. The van der Waals surface area contributed by atoms with Crippen molar-refractivity contribution in [2.75, 3.05) is 11.1 Å². The lowest BCUT2D eigenvalue weighted by Crippen LogP contribution is -2.23. The Morgan fingerprint density at radius 3 is 2.56 bits per heavy atom. The van der Waals surface area contributed by atoms with Crippen LogP contribution in [0.5, 0.6) is 5.75 Å². The van der Waals surface area contributed by atoms with Gasteiger partial charge in [0.15, 0.2) is 5.16 Å². The average molecular weight is 482 g/mol. The van der Waals surface area contributed by atoms with Gasteiger partial charge in [0, 0.05) is 5.69 Å². The molecule has 1 N–H and O–H groups in total. The van der Waals surface area contributed by atoms with E-state index in [1.807, 2.05) is 32.0 Å². The van der Waals surface area contributed by atoms with Gasteiger partial charge in [0.05, 0.1) is 22.3 Å². The molecule has 0 radical (unpaired) electrons. The Labute approximate surface area is 198 Å². The van der Waals surface area contributed by atoms with Gasteiger partial charge in [0.25, 0.3) is 5.56 Å². The molecule has 0 unspecified atom stereocenters. The lowest BCUT2D eigenvalue weighted by atomic mass is 10.1. The van der Waals surface area contributed by atoms with Crippen molar-refractivity contribution in [1.29, 1.82) is 0 Å². The van der Waals surface area contributed by atoms with E-state index in [4.69, 9.17) is 0 Å². The number of aryl methyl sites for hydroxylation is 2. The molecule has 0 spiro atoms. The van der Waals surface area contributed by atoms with Gasteiger partial charge >= 0.3 is 6.61 Å². The number of thioether (sulfide) groups is 1. The van der Waals surface area contributed by atoms with Crippen LogP contribution in [0.4, 0.5) is 14.5 Å². The molecule has 1 heterocycles. The maximum Gasteiger partial charge on any atom is 0.387 e. The van der Waals surface area contributed by atoms with E-state index in [0.717, 1.165) is 28.6 Å². The van der Waals surface area contributed by atoms with Gasteiger partial charge in [-0.25, -0.2) is 4.98 Å². The molecule has 0 saturated heterocycles. The van der Waals surface area contributed by atoms with Crippen molar-refractivity contribution in [3.8, 4) is 11.4 Å². The average Bonchev–Trinajstić information content (AvgIpc) is 2.81. The number of benzene rings is 3. The number of amides is 1. The predicted molar refractivity (Wildman–Crippen MR) is 129 cm³/mol. The van der Waals surface area contributed by atoms with Gasteiger partial charge in [0.2, 0.25) is 5.91 Å². The van der Waals surface area contributed by atoms with Crippen LogP contribution in [-0.4, -0.2) is 27.8 Å². The molecule has 0 fully saturated rings. The van der Waals surface area contributed by atoms with Crippen LogP contribution in [-0.2, 0) is 4.79 Å². The molecule has 0 aliphatic heterocycles. The number of ether oxygens (including phenoxy) is 1. The fourth-order valence-electron chi connectivity index (χ4n) is 3.40. The van der Waals surface area contributed by atoms with Gasteiger partial charge in [0.1, 0.15) is 5.75 Å². The molecule has 174 valence electrons. The van der Waals surface area contributed by atoms with Crippen LogP contribution in [0.2, 0.25) is 0 Å². The number of rotatable bonds is 7. The van der Waals surface area contributed by atoms with Gasteiger partial charge in [-0.15, -0.1) is 0 Å². The van der Waals surface area contributed by atoms with Crippen molar-refractivity contribution in [3.05, 3.63) is 88.2 Å². The molecule has 1 amide bonds. The zero-order chi connectivity index (χ0) is 24.2. The molecule has 0 bridgehead atoms. The largest absolute Gasteiger partial charge is 0.435 e. The fraction of sp³-hybridized carbons (Fsp3) is 0.160. The number of para-hydroxylation sites is 1. The highest BCUT2D eigenvalue weighted by Crippen LogP contribution is 2.24. The summed E-state index contributed by atoms with van der Waals surface area (Å²) in [6.45, 7) is 0.906. The summed E-state index contributed by atoms with van der Waals surface area (Å²) in [6.07, 6.45) is 0. The van der Waals surface area contributed by atoms with E-state index in [1.54, 1.807) is 24.3 Å². The second-order valence-corrected chi connectivity index (χ2v) is 8.52. The van der Waals surface area contributed by atoms with Crippen LogP contribution in [0.3, 0.4) is 0 Å². The summed E-state index contributed by atoms with van der Waals surface area (Å²) in [5.41, 5.74) is 3.28. The SMILES string of the molecule is Cc1ccc(C)c(NC(=O)CSc2nc3ccccc3c(=O)n2-c2ccc(OC(F)F)cc2)c1. The number of hydrogen-bond acceptors (Lipinski definition) is 5. The van der Waals surface area contributed by atoms with E-state index in [2.05, 4.69) is 15.0 Å².